The molecule has 1 rings (SSSR count). The Bertz CT molecular complexity index is 257. The summed E-state index contributed by atoms with van der Waals surface area (Å²) in [4.78, 5) is 22.2. The van der Waals surface area contributed by atoms with Crippen molar-refractivity contribution < 1.29 is 14.7 Å². The van der Waals surface area contributed by atoms with E-state index in [0.717, 1.165) is 6.42 Å². The molecule has 1 fully saturated rings. The Balaban J connectivity index is 2.22. The van der Waals surface area contributed by atoms with Gasteiger partial charge in [0.2, 0.25) is 5.91 Å². The number of carboxylic acid groups (broad SMARTS) is 1. The number of carbonyl (C=O) groups is 2. The standard InChI is InChI=1S/C11H19NO3/c1-8(2)3-6-12-9(13)7-11(4-5-11)10(14)15/h8H,3-7H2,1-2H3,(H,12,13)(H,14,15). The topological polar surface area (TPSA) is 66.4 Å². The van der Waals surface area contributed by atoms with Crippen LogP contribution in [0.25, 0.3) is 0 Å². The van der Waals surface area contributed by atoms with Crippen LogP contribution in [0.4, 0.5) is 0 Å². The fourth-order valence-electron chi connectivity index (χ4n) is 1.49. The van der Waals surface area contributed by atoms with E-state index >= 15 is 0 Å². The molecule has 1 aliphatic rings. The SMILES string of the molecule is CC(C)CCNC(=O)CC1(C(=O)O)CC1. The Labute approximate surface area is 90.0 Å². The Morgan fingerprint density at radius 2 is 2.00 bits per heavy atom. The van der Waals surface area contributed by atoms with Crippen LogP contribution in [0.5, 0.6) is 0 Å². The maximum atomic E-state index is 11.4. The average Bonchev–Trinajstić information content (AvgIpc) is 2.84. The van der Waals surface area contributed by atoms with Crippen LogP contribution in [-0.4, -0.2) is 23.5 Å². The van der Waals surface area contributed by atoms with E-state index in [2.05, 4.69) is 19.2 Å². The molecule has 1 amide bonds. The molecule has 0 heterocycles. The molecule has 0 aromatic heterocycles. The summed E-state index contributed by atoms with van der Waals surface area (Å²) >= 11 is 0. The molecule has 4 nitrogen and oxygen atoms in total. The van der Waals surface area contributed by atoms with Gasteiger partial charge < -0.3 is 10.4 Å². The van der Waals surface area contributed by atoms with Crippen molar-refractivity contribution in [1.82, 2.24) is 5.32 Å². The molecule has 0 bridgehead atoms. The summed E-state index contributed by atoms with van der Waals surface area (Å²) < 4.78 is 0. The van der Waals surface area contributed by atoms with Gasteiger partial charge in [0.15, 0.2) is 0 Å². The van der Waals surface area contributed by atoms with Crippen LogP contribution in [0.2, 0.25) is 0 Å². The third-order valence-corrected chi connectivity index (χ3v) is 2.85. The number of rotatable bonds is 6. The molecule has 0 aromatic rings. The molecule has 0 atom stereocenters. The van der Waals surface area contributed by atoms with E-state index < -0.39 is 11.4 Å². The van der Waals surface area contributed by atoms with Gasteiger partial charge in [-0.3, -0.25) is 9.59 Å². The summed E-state index contributed by atoms with van der Waals surface area (Å²) in [7, 11) is 0. The van der Waals surface area contributed by atoms with Gasteiger partial charge >= 0.3 is 5.97 Å². The highest BCUT2D eigenvalue weighted by Gasteiger charge is 2.51. The maximum Gasteiger partial charge on any atom is 0.310 e. The van der Waals surface area contributed by atoms with Crippen LogP contribution < -0.4 is 5.32 Å². The van der Waals surface area contributed by atoms with Crippen molar-refractivity contribution in [1.29, 1.82) is 0 Å². The van der Waals surface area contributed by atoms with E-state index in [9.17, 15) is 9.59 Å². The highest BCUT2D eigenvalue weighted by molar-refractivity contribution is 5.86. The molecule has 0 aliphatic heterocycles. The third kappa shape index (κ3) is 3.53. The molecule has 2 N–H and O–H groups in total. The first-order valence-electron chi connectivity index (χ1n) is 5.46. The number of amides is 1. The summed E-state index contributed by atoms with van der Waals surface area (Å²) in [6.45, 7) is 4.82. The van der Waals surface area contributed by atoms with Crippen LogP contribution in [0.15, 0.2) is 0 Å². The van der Waals surface area contributed by atoms with E-state index in [1.165, 1.54) is 0 Å². The van der Waals surface area contributed by atoms with Crippen molar-refractivity contribution in [3.05, 3.63) is 0 Å². The predicted octanol–water partition coefficient (Wildman–Crippen LogP) is 1.40. The van der Waals surface area contributed by atoms with Crippen LogP contribution in [0.3, 0.4) is 0 Å². The zero-order valence-electron chi connectivity index (χ0n) is 9.38. The van der Waals surface area contributed by atoms with Gasteiger partial charge in [0.1, 0.15) is 0 Å². The van der Waals surface area contributed by atoms with Gasteiger partial charge in [0, 0.05) is 13.0 Å². The number of carbonyl (C=O) groups excluding carboxylic acids is 1. The molecule has 0 spiro atoms. The summed E-state index contributed by atoms with van der Waals surface area (Å²) in [6.07, 6.45) is 2.35. The lowest BCUT2D eigenvalue weighted by atomic mass is 10.0. The molecule has 1 aliphatic carbocycles. The molecule has 0 aromatic carbocycles. The first-order chi connectivity index (χ1) is 6.96. The lowest BCUT2D eigenvalue weighted by molar-refractivity contribution is -0.145. The number of nitrogens with one attached hydrogen (secondary N) is 1. The summed E-state index contributed by atoms with van der Waals surface area (Å²) in [5.74, 6) is -0.406. The van der Waals surface area contributed by atoms with E-state index in [4.69, 9.17) is 5.11 Å². The smallest absolute Gasteiger partial charge is 0.310 e. The van der Waals surface area contributed by atoms with Crippen molar-refractivity contribution in [2.45, 2.75) is 39.5 Å². The van der Waals surface area contributed by atoms with Gasteiger partial charge in [-0.1, -0.05) is 13.8 Å². The highest BCUT2D eigenvalue weighted by Crippen LogP contribution is 2.48. The molecule has 0 saturated heterocycles. The Kier molecular flexibility index (Phi) is 3.72. The molecular formula is C11H19NO3. The van der Waals surface area contributed by atoms with E-state index in [1.54, 1.807) is 0 Å². The van der Waals surface area contributed by atoms with Crippen molar-refractivity contribution in [3.63, 3.8) is 0 Å². The molecule has 0 unspecified atom stereocenters. The monoisotopic (exact) mass is 213 g/mol. The van der Waals surface area contributed by atoms with E-state index in [0.29, 0.717) is 25.3 Å². The zero-order chi connectivity index (χ0) is 11.5. The van der Waals surface area contributed by atoms with Crippen LogP contribution in [0.1, 0.15) is 39.5 Å². The minimum Gasteiger partial charge on any atom is -0.481 e. The molecule has 0 radical (unpaired) electrons. The number of carboxylic acids is 1. The van der Waals surface area contributed by atoms with Gasteiger partial charge in [0.25, 0.3) is 0 Å². The van der Waals surface area contributed by atoms with Crippen molar-refractivity contribution in [2.75, 3.05) is 6.54 Å². The normalized spacial score (nSPS) is 17.5. The fourth-order valence-corrected chi connectivity index (χ4v) is 1.49. The second-order valence-corrected chi connectivity index (χ2v) is 4.79. The third-order valence-electron chi connectivity index (χ3n) is 2.85. The predicted molar refractivity (Wildman–Crippen MR) is 56.4 cm³/mol. The number of hydrogen-bond donors (Lipinski definition) is 2. The van der Waals surface area contributed by atoms with Crippen LogP contribution in [0, 0.1) is 11.3 Å². The van der Waals surface area contributed by atoms with Gasteiger partial charge in [0.05, 0.1) is 5.41 Å². The molecular weight excluding hydrogens is 194 g/mol. The van der Waals surface area contributed by atoms with Crippen molar-refractivity contribution >= 4 is 11.9 Å². The largest absolute Gasteiger partial charge is 0.481 e. The Morgan fingerprint density at radius 1 is 1.40 bits per heavy atom. The molecule has 1 saturated carbocycles. The minimum atomic E-state index is -0.832. The van der Waals surface area contributed by atoms with Crippen molar-refractivity contribution in [2.24, 2.45) is 11.3 Å². The lowest BCUT2D eigenvalue weighted by Crippen LogP contribution is -2.30. The Hall–Kier alpha value is -1.06. The first kappa shape index (κ1) is 12.0. The first-order valence-corrected chi connectivity index (χ1v) is 5.46. The second-order valence-electron chi connectivity index (χ2n) is 4.79. The highest BCUT2D eigenvalue weighted by atomic mass is 16.4. The summed E-state index contributed by atoms with van der Waals surface area (Å²) in [5.41, 5.74) is -0.734. The van der Waals surface area contributed by atoms with Gasteiger partial charge in [-0.2, -0.15) is 0 Å². The quantitative estimate of drug-likeness (QED) is 0.701. The summed E-state index contributed by atoms with van der Waals surface area (Å²) in [5, 5.41) is 11.6. The zero-order valence-corrected chi connectivity index (χ0v) is 9.38. The van der Waals surface area contributed by atoms with Crippen LogP contribution in [-0.2, 0) is 9.59 Å². The fraction of sp³-hybridized carbons (Fsp3) is 0.818. The van der Waals surface area contributed by atoms with Crippen molar-refractivity contribution in [3.8, 4) is 0 Å². The molecule has 86 valence electrons. The van der Waals surface area contributed by atoms with Gasteiger partial charge in [-0.15, -0.1) is 0 Å². The van der Waals surface area contributed by atoms with E-state index in [1.807, 2.05) is 0 Å². The van der Waals surface area contributed by atoms with Crippen LogP contribution >= 0.6 is 0 Å². The van der Waals surface area contributed by atoms with E-state index in [-0.39, 0.29) is 12.3 Å². The second kappa shape index (κ2) is 4.64. The maximum absolute atomic E-state index is 11.4. The number of hydrogen-bond acceptors (Lipinski definition) is 2. The lowest BCUT2D eigenvalue weighted by Gasteiger charge is -2.10. The van der Waals surface area contributed by atoms with Gasteiger partial charge in [-0.05, 0) is 25.2 Å². The number of aliphatic carboxylic acids is 1. The van der Waals surface area contributed by atoms with Gasteiger partial charge in [-0.25, -0.2) is 0 Å². The molecule has 15 heavy (non-hydrogen) atoms. The summed E-state index contributed by atoms with van der Waals surface area (Å²) in [6, 6.07) is 0. The molecule has 4 heteroatoms. The average molecular weight is 213 g/mol. The minimum absolute atomic E-state index is 0.129. The Morgan fingerprint density at radius 3 is 2.40 bits per heavy atom.